The van der Waals surface area contributed by atoms with E-state index in [1.54, 1.807) is 54.6 Å². The standard InChI is InChI=1S/C24H18N4O3/c25-23(30)17-11-13-18(14-12-17)28-21(15-7-3-1-4-8-15)19(20(27-28)24(26)31)22(29)16-9-5-2-6-10-16/h1-14H,(H2,25,30)(H2,26,31). The summed E-state index contributed by atoms with van der Waals surface area (Å²) in [5.74, 6) is -1.75. The summed E-state index contributed by atoms with van der Waals surface area (Å²) in [6.45, 7) is 0. The van der Waals surface area contributed by atoms with Gasteiger partial charge < -0.3 is 11.5 Å². The normalized spacial score (nSPS) is 10.6. The fraction of sp³-hybridized carbons (Fsp3) is 0. The number of benzene rings is 3. The first-order valence-electron chi connectivity index (χ1n) is 9.45. The summed E-state index contributed by atoms with van der Waals surface area (Å²) < 4.78 is 1.48. The predicted octanol–water partition coefficient (Wildman–Crippen LogP) is 2.97. The molecular weight excluding hydrogens is 392 g/mol. The third-order valence-corrected chi connectivity index (χ3v) is 4.83. The SMILES string of the molecule is NC(=O)c1ccc(-n2nc(C(N)=O)c(C(=O)c3ccccc3)c2-c2ccccc2)cc1. The van der Waals surface area contributed by atoms with E-state index in [1.165, 1.54) is 4.68 Å². The lowest BCUT2D eigenvalue weighted by Gasteiger charge is -2.10. The number of nitrogens with two attached hydrogens (primary N) is 2. The first kappa shape index (κ1) is 19.8. The number of hydrogen-bond acceptors (Lipinski definition) is 4. The van der Waals surface area contributed by atoms with Crippen molar-refractivity contribution >= 4 is 17.6 Å². The lowest BCUT2D eigenvalue weighted by Crippen LogP contribution is -2.16. The molecule has 31 heavy (non-hydrogen) atoms. The molecule has 7 heteroatoms. The summed E-state index contributed by atoms with van der Waals surface area (Å²) in [6.07, 6.45) is 0. The quantitative estimate of drug-likeness (QED) is 0.475. The number of carbonyl (C=O) groups excluding carboxylic acids is 3. The van der Waals surface area contributed by atoms with Gasteiger partial charge in [-0.3, -0.25) is 14.4 Å². The average molecular weight is 410 g/mol. The maximum Gasteiger partial charge on any atom is 0.270 e. The van der Waals surface area contributed by atoms with Gasteiger partial charge in [-0.25, -0.2) is 4.68 Å². The molecule has 0 fully saturated rings. The zero-order valence-electron chi connectivity index (χ0n) is 16.4. The number of nitrogens with zero attached hydrogens (tertiary/aromatic N) is 2. The topological polar surface area (TPSA) is 121 Å². The van der Waals surface area contributed by atoms with Crippen LogP contribution in [0.15, 0.2) is 84.9 Å². The fourth-order valence-electron chi connectivity index (χ4n) is 3.36. The lowest BCUT2D eigenvalue weighted by atomic mass is 9.97. The van der Waals surface area contributed by atoms with Crippen LogP contribution >= 0.6 is 0 Å². The first-order valence-corrected chi connectivity index (χ1v) is 9.45. The molecule has 0 bridgehead atoms. The molecule has 0 saturated heterocycles. The Labute approximate surface area is 177 Å². The highest BCUT2D eigenvalue weighted by atomic mass is 16.2. The molecule has 4 N–H and O–H groups in total. The summed E-state index contributed by atoms with van der Waals surface area (Å²) in [4.78, 5) is 37.1. The Bertz CT molecular complexity index is 1280. The van der Waals surface area contributed by atoms with Crippen molar-refractivity contribution in [1.82, 2.24) is 9.78 Å². The second kappa shape index (κ2) is 8.08. The molecular formula is C24H18N4O3. The van der Waals surface area contributed by atoms with E-state index in [9.17, 15) is 14.4 Å². The number of rotatable bonds is 6. The molecule has 7 nitrogen and oxygen atoms in total. The fourth-order valence-corrected chi connectivity index (χ4v) is 3.36. The van der Waals surface area contributed by atoms with Crippen LogP contribution in [0.3, 0.4) is 0 Å². The molecule has 0 aliphatic heterocycles. The lowest BCUT2D eigenvalue weighted by molar-refractivity contribution is 0.0977. The Hall–Kier alpha value is -4.52. The third kappa shape index (κ3) is 3.72. The number of amides is 2. The van der Waals surface area contributed by atoms with Crippen LogP contribution in [0.25, 0.3) is 16.9 Å². The van der Waals surface area contributed by atoms with Crippen LogP contribution in [0.2, 0.25) is 0 Å². The Morgan fingerprint density at radius 3 is 1.81 bits per heavy atom. The van der Waals surface area contributed by atoms with Gasteiger partial charge in [0.2, 0.25) is 5.91 Å². The highest BCUT2D eigenvalue weighted by Gasteiger charge is 2.29. The van der Waals surface area contributed by atoms with Crippen LogP contribution in [0.5, 0.6) is 0 Å². The van der Waals surface area contributed by atoms with Crippen molar-refractivity contribution in [2.75, 3.05) is 0 Å². The predicted molar refractivity (Wildman–Crippen MR) is 116 cm³/mol. The van der Waals surface area contributed by atoms with Gasteiger partial charge in [-0.1, -0.05) is 60.7 Å². The van der Waals surface area contributed by atoms with E-state index in [0.717, 1.165) is 0 Å². The van der Waals surface area contributed by atoms with Gasteiger partial charge in [0.15, 0.2) is 11.5 Å². The van der Waals surface area contributed by atoms with Crippen LogP contribution in [-0.2, 0) is 0 Å². The summed E-state index contributed by atoms with van der Waals surface area (Å²) >= 11 is 0. The third-order valence-electron chi connectivity index (χ3n) is 4.83. The second-order valence-electron chi connectivity index (χ2n) is 6.82. The van der Waals surface area contributed by atoms with E-state index in [2.05, 4.69) is 5.10 Å². The Balaban J connectivity index is 2.01. The molecule has 1 heterocycles. The van der Waals surface area contributed by atoms with Crippen LogP contribution in [0.1, 0.15) is 36.8 Å². The monoisotopic (exact) mass is 410 g/mol. The zero-order valence-corrected chi connectivity index (χ0v) is 16.4. The van der Waals surface area contributed by atoms with Crippen molar-refractivity contribution in [1.29, 1.82) is 0 Å². The average Bonchev–Trinajstić information content (AvgIpc) is 3.21. The highest BCUT2D eigenvalue weighted by molar-refractivity contribution is 6.17. The summed E-state index contributed by atoms with van der Waals surface area (Å²) in [7, 11) is 0. The Kier molecular flexibility index (Phi) is 5.15. The molecule has 0 aliphatic carbocycles. The second-order valence-corrected chi connectivity index (χ2v) is 6.82. The number of primary amides is 2. The molecule has 0 atom stereocenters. The van der Waals surface area contributed by atoms with E-state index in [1.807, 2.05) is 30.3 Å². The van der Waals surface area contributed by atoms with Gasteiger partial charge in [-0.2, -0.15) is 5.10 Å². The molecule has 0 spiro atoms. The number of aromatic nitrogens is 2. The van der Waals surface area contributed by atoms with Gasteiger partial charge >= 0.3 is 0 Å². The number of carbonyl (C=O) groups is 3. The minimum atomic E-state index is -0.816. The molecule has 4 aromatic rings. The summed E-state index contributed by atoms with van der Waals surface area (Å²) in [6, 6.07) is 24.1. The molecule has 152 valence electrons. The van der Waals surface area contributed by atoms with Gasteiger partial charge in [0, 0.05) is 16.7 Å². The van der Waals surface area contributed by atoms with Crippen molar-refractivity contribution in [2.24, 2.45) is 11.5 Å². The van der Waals surface area contributed by atoms with Crippen molar-refractivity contribution in [3.8, 4) is 16.9 Å². The molecule has 1 aromatic heterocycles. The molecule has 0 aliphatic rings. The van der Waals surface area contributed by atoms with Crippen LogP contribution in [0.4, 0.5) is 0 Å². The number of ketones is 1. The van der Waals surface area contributed by atoms with E-state index in [-0.39, 0.29) is 17.0 Å². The van der Waals surface area contributed by atoms with E-state index in [4.69, 9.17) is 11.5 Å². The summed E-state index contributed by atoms with van der Waals surface area (Å²) in [5.41, 5.74) is 13.3. The number of hydrogen-bond donors (Lipinski definition) is 2. The van der Waals surface area contributed by atoms with Crippen molar-refractivity contribution in [2.45, 2.75) is 0 Å². The maximum atomic E-state index is 13.4. The molecule has 0 unspecified atom stereocenters. The highest BCUT2D eigenvalue weighted by Crippen LogP contribution is 2.31. The Morgan fingerprint density at radius 2 is 1.26 bits per heavy atom. The van der Waals surface area contributed by atoms with Gasteiger partial charge in [0.1, 0.15) is 0 Å². The minimum absolute atomic E-state index is 0.115. The van der Waals surface area contributed by atoms with Gasteiger partial charge in [0.25, 0.3) is 5.91 Å². The molecule has 0 saturated carbocycles. The minimum Gasteiger partial charge on any atom is -0.366 e. The summed E-state index contributed by atoms with van der Waals surface area (Å²) in [5, 5.41) is 4.38. The van der Waals surface area contributed by atoms with Crippen molar-refractivity contribution in [3.63, 3.8) is 0 Å². The first-order chi connectivity index (χ1) is 15.0. The van der Waals surface area contributed by atoms with Gasteiger partial charge in [0.05, 0.1) is 16.9 Å². The van der Waals surface area contributed by atoms with Crippen molar-refractivity contribution in [3.05, 3.63) is 107 Å². The molecule has 3 aromatic carbocycles. The van der Waals surface area contributed by atoms with Gasteiger partial charge in [-0.15, -0.1) is 0 Å². The van der Waals surface area contributed by atoms with Crippen LogP contribution in [0, 0.1) is 0 Å². The Morgan fingerprint density at radius 1 is 0.677 bits per heavy atom. The van der Waals surface area contributed by atoms with Gasteiger partial charge in [-0.05, 0) is 24.3 Å². The molecule has 0 radical (unpaired) electrons. The maximum absolute atomic E-state index is 13.4. The largest absolute Gasteiger partial charge is 0.366 e. The zero-order chi connectivity index (χ0) is 22.0. The van der Waals surface area contributed by atoms with Crippen LogP contribution in [-0.4, -0.2) is 27.4 Å². The van der Waals surface area contributed by atoms with E-state index in [0.29, 0.717) is 28.1 Å². The smallest absolute Gasteiger partial charge is 0.270 e. The van der Waals surface area contributed by atoms with E-state index >= 15 is 0 Å². The molecule has 2 amide bonds. The van der Waals surface area contributed by atoms with E-state index < -0.39 is 11.8 Å². The molecule has 4 rings (SSSR count). The van der Waals surface area contributed by atoms with Crippen LogP contribution < -0.4 is 11.5 Å². The van der Waals surface area contributed by atoms with Crippen molar-refractivity contribution < 1.29 is 14.4 Å².